The molecule has 98 valence electrons. The van der Waals surface area contributed by atoms with Crippen molar-refractivity contribution >= 4 is 5.91 Å². The zero-order valence-electron chi connectivity index (χ0n) is 10.9. The van der Waals surface area contributed by atoms with Crippen molar-refractivity contribution < 1.29 is 9.53 Å². The molecule has 2 rings (SSSR count). The molecule has 0 aromatic rings. The molecule has 0 spiro atoms. The van der Waals surface area contributed by atoms with Crippen molar-refractivity contribution in [2.45, 2.75) is 38.6 Å². The first kappa shape index (κ1) is 12.8. The van der Waals surface area contributed by atoms with E-state index in [9.17, 15) is 4.79 Å². The number of carbonyl (C=O) groups is 1. The number of hydrogen-bond acceptors (Lipinski definition) is 3. The van der Waals surface area contributed by atoms with Crippen molar-refractivity contribution in [1.29, 1.82) is 0 Å². The van der Waals surface area contributed by atoms with Crippen LogP contribution in [0, 0.1) is 11.3 Å². The zero-order chi connectivity index (χ0) is 12.5. The van der Waals surface area contributed by atoms with E-state index in [2.05, 4.69) is 6.92 Å². The van der Waals surface area contributed by atoms with Crippen LogP contribution in [0.4, 0.5) is 0 Å². The summed E-state index contributed by atoms with van der Waals surface area (Å²) in [6.07, 6.45) is 4.49. The highest BCUT2D eigenvalue weighted by atomic mass is 16.5. The van der Waals surface area contributed by atoms with Crippen LogP contribution in [0.2, 0.25) is 0 Å². The van der Waals surface area contributed by atoms with Gasteiger partial charge in [0.25, 0.3) is 0 Å². The Bertz CT molecular complexity index is 283. The molecule has 1 saturated carbocycles. The number of rotatable bonds is 4. The molecule has 2 fully saturated rings. The number of hydrogen-bond donors (Lipinski definition) is 1. The summed E-state index contributed by atoms with van der Waals surface area (Å²) in [5.74, 6) is 0.277. The molecule has 0 aromatic carbocycles. The third-order valence-corrected chi connectivity index (χ3v) is 4.09. The van der Waals surface area contributed by atoms with Gasteiger partial charge in [-0.3, -0.25) is 4.79 Å². The molecule has 1 heterocycles. The standard InChI is InChI=1S/C13H24N2O2/c1-13(5-6-13)9-15(2)12(16)11(14)10-4-3-7-17-8-10/h10-11H,3-9,14H2,1-2H3. The predicted molar refractivity (Wildman–Crippen MR) is 66.5 cm³/mol. The maximum atomic E-state index is 12.2. The van der Waals surface area contributed by atoms with Crippen LogP contribution in [0.1, 0.15) is 32.6 Å². The lowest BCUT2D eigenvalue weighted by molar-refractivity contribution is -0.134. The van der Waals surface area contributed by atoms with Crippen LogP contribution < -0.4 is 5.73 Å². The van der Waals surface area contributed by atoms with Crippen molar-refractivity contribution in [1.82, 2.24) is 4.90 Å². The summed E-state index contributed by atoms with van der Waals surface area (Å²) < 4.78 is 5.40. The Hall–Kier alpha value is -0.610. The van der Waals surface area contributed by atoms with Crippen molar-refractivity contribution in [2.75, 3.05) is 26.8 Å². The number of ether oxygens (including phenoxy) is 1. The van der Waals surface area contributed by atoms with E-state index in [1.54, 1.807) is 0 Å². The number of amides is 1. The average molecular weight is 240 g/mol. The first-order valence-electron chi connectivity index (χ1n) is 6.60. The molecule has 1 aliphatic carbocycles. The summed E-state index contributed by atoms with van der Waals surface area (Å²) in [5, 5.41) is 0. The molecule has 2 unspecified atom stereocenters. The summed E-state index contributed by atoms with van der Waals surface area (Å²) in [6.45, 7) is 4.52. The lowest BCUT2D eigenvalue weighted by Gasteiger charge is -2.30. The fraction of sp³-hybridized carbons (Fsp3) is 0.923. The van der Waals surface area contributed by atoms with Gasteiger partial charge in [0.15, 0.2) is 0 Å². The van der Waals surface area contributed by atoms with Crippen molar-refractivity contribution in [3.8, 4) is 0 Å². The minimum Gasteiger partial charge on any atom is -0.381 e. The molecular weight excluding hydrogens is 216 g/mol. The normalized spacial score (nSPS) is 28.5. The minimum atomic E-state index is -0.386. The van der Waals surface area contributed by atoms with E-state index in [-0.39, 0.29) is 17.9 Å². The van der Waals surface area contributed by atoms with Gasteiger partial charge in [-0.25, -0.2) is 0 Å². The summed E-state index contributed by atoms with van der Waals surface area (Å²) in [6, 6.07) is -0.386. The molecule has 17 heavy (non-hydrogen) atoms. The number of nitrogens with two attached hydrogens (primary N) is 1. The largest absolute Gasteiger partial charge is 0.381 e. The maximum Gasteiger partial charge on any atom is 0.239 e. The van der Waals surface area contributed by atoms with E-state index in [1.165, 1.54) is 12.8 Å². The van der Waals surface area contributed by atoms with E-state index in [0.717, 1.165) is 26.0 Å². The third-order valence-electron chi connectivity index (χ3n) is 4.09. The van der Waals surface area contributed by atoms with Gasteiger partial charge in [-0.1, -0.05) is 6.92 Å². The highest BCUT2D eigenvalue weighted by molar-refractivity contribution is 5.81. The zero-order valence-corrected chi connectivity index (χ0v) is 10.9. The van der Waals surface area contributed by atoms with Gasteiger partial charge in [0, 0.05) is 26.1 Å². The Balaban J connectivity index is 1.84. The van der Waals surface area contributed by atoms with Gasteiger partial charge in [-0.05, 0) is 31.1 Å². The van der Waals surface area contributed by atoms with Gasteiger partial charge in [-0.15, -0.1) is 0 Å². The molecule has 0 radical (unpaired) electrons. The first-order valence-corrected chi connectivity index (χ1v) is 6.60. The van der Waals surface area contributed by atoms with Gasteiger partial charge in [0.2, 0.25) is 5.91 Å². The summed E-state index contributed by atoms with van der Waals surface area (Å²) in [4.78, 5) is 14.0. The Morgan fingerprint density at radius 2 is 2.29 bits per heavy atom. The quantitative estimate of drug-likeness (QED) is 0.797. The Morgan fingerprint density at radius 1 is 1.59 bits per heavy atom. The highest BCUT2D eigenvalue weighted by Gasteiger charge is 2.40. The van der Waals surface area contributed by atoms with Crippen LogP contribution in [-0.2, 0) is 9.53 Å². The van der Waals surface area contributed by atoms with Crippen molar-refractivity contribution in [3.05, 3.63) is 0 Å². The molecule has 0 bridgehead atoms. The molecule has 1 amide bonds. The highest BCUT2D eigenvalue weighted by Crippen LogP contribution is 2.45. The van der Waals surface area contributed by atoms with Crippen LogP contribution in [-0.4, -0.2) is 43.7 Å². The fourth-order valence-corrected chi connectivity index (χ4v) is 2.53. The van der Waals surface area contributed by atoms with E-state index in [1.807, 2.05) is 11.9 Å². The Morgan fingerprint density at radius 3 is 2.82 bits per heavy atom. The minimum absolute atomic E-state index is 0.0774. The smallest absolute Gasteiger partial charge is 0.239 e. The van der Waals surface area contributed by atoms with Gasteiger partial charge < -0.3 is 15.4 Å². The lowest BCUT2D eigenvalue weighted by Crippen LogP contribution is -2.49. The maximum absolute atomic E-state index is 12.2. The molecule has 4 heteroatoms. The number of nitrogens with zero attached hydrogens (tertiary/aromatic N) is 1. The number of carbonyl (C=O) groups excluding carboxylic acids is 1. The molecule has 1 aliphatic heterocycles. The molecule has 4 nitrogen and oxygen atoms in total. The van der Waals surface area contributed by atoms with Gasteiger partial charge in [0.05, 0.1) is 12.6 Å². The van der Waals surface area contributed by atoms with Crippen LogP contribution in [0.25, 0.3) is 0 Å². The SMILES string of the molecule is CN(CC1(C)CC1)C(=O)C(N)C1CCCOC1. The summed E-state index contributed by atoms with van der Waals surface area (Å²) in [7, 11) is 1.87. The van der Waals surface area contributed by atoms with Crippen LogP contribution in [0.3, 0.4) is 0 Å². The summed E-state index contributed by atoms with van der Waals surface area (Å²) in [5.41, 5.74) is 6.42. The topological polar surface area (TPSA) is 55.6 Å². The molecule has 2 aliphatic rings. The van der Waals surface area contributed by atoms with Gasteiger partial charge >= 0.3 is 0 Å². The third kappa shape index (κ3) is 3.19. The first-order chi connectivity index (χ1) is 8.02. The Kier molecular flexibility index (Phi) is 3.73. The molecule has 2 atom stereocenters. The molecule has 2 N–H and O–H groups in total. The molecular formula is C13H24N2O2. The van der Waals surface area contributed by atoms with Crippen LogP contribution in [0.5, 0.6) is 0 Å². The second kappa shape index (κ2) is 4.94. The van der Waals surface area contributed by atoms with Gasteiger partial charge in [0.1, 0.15) is 0 Å². The lowest BCUT2D eigenvalue weighted by atomic mass is 9.93. The average Bonchev–Trinajstić information content (AvgIpc) is 3.06. The second-order valence-electron chi connectivity index (χ2n) is 6.01. The predicted octanol–water partition coefficient (Wildman–Crippen LogP) is 0.999. The second-order valence-corrected chi connectivity index (χ2v) is 6.01. The number of likely N-dealkylation sites (N-methyl/N-ethyl adjacent to an activating group) is 1. The molecule has 1 saturated heterocycles. The Labute approximate surface area is 103 Å². The van der Waals surface area contributed by atoms with Gasteiger partial charge in [-0.2, -0.15) is 0 Å². The van der Waals surface area contributed by atoms with Crippen LogP contribution >= 0.6 is 0 Å². The van der Waals surface area contributed by atoms with E-state index in [0.29, 0.717) is 12.0 Å². The van der Waals surface area contributed by atoms with E-state index >= 15 is 0 Å². The molecule has 0 aromatic heterocycles. The van der Waals surface area contributed by atoms with E-state index in [4.69, 9.17) is 10.5 Å². The fourth-order valence-electron chi connectivity index (χ4n) is 2.53. The van der Waals surface area contributed by atoms with Crippen molar-refractivity contribution in [3.63, 3.8) is 0 Å². The van der Waals surface area contributed by atoms with Crippen molar-refractivity contribution in [2.24, 2.45) is 17.1 Å². The van der Waals surface area contributed by atoms with E-state index < -0.39 is 0 Å². The summed E-state index contributed by atoms with van der Waals surface area (Å²) >= 11 is 0. The van der Waals surface area contributed by atoms with Crippen LogP contribution in [0.15, 0.2) is 0 Å². The monoisotopic (exact) mass is 240 g/mol.